The van der Waals surface area contributed by atoms with E-state index in [0.717, 1.165) is 12.1 Å². The number of alkyl halides is 3. The van der Waals surface area contributed by atoms with Gasteiger partial charge in [0.1, 0.15) is 5.82 Å². The molecule has 0 bridgehead atoms. The van der Waals surface area contributed by atoms with E-state index in [4.69, 9.17) is 23.2 Å². The predicted molar refractivity (Wildman–Crippen MR) is 150 cm³/mol. The number of nitrogens with zero attached hydrogens (tertiary/aromatic N) is 3. The zero-order valence-electron chi connectivity index (χ0n) is 21.7. The van der Waals surface area contributed by atoms with Gasteiger partial charge in [0.15, 0.2) is 5.78 Å². The lowest BCUT2D eigenvalue weighted by Gasteiger charge is -2.29. The highest BCUT2D eigenvalue weighted by molar-refractivity contribution is 6.34. The van der Waals surface area contributed by atoms with Crippen LogP contribution in [0.1, 0.15) is 43.1 Å². The maximum atomic E-state index is 13.8. The molecule has 0 saturated heterocycles. The normalized spacial score (nSPS) is 15.3. The van der Waals surface area contributed by atoms with Crippen molar-refractivity contribution in [3.63, 3.8) is 0 Å². The summed E-state index contributed by atoms with van der Waals surface area (Å²) in [6.07, 6.45) is -2.11. The molecular weight excluding hydrogens is 592 g/mol. The number of carbonyl (C=O) groups is 3. The Labute approximate surface area is 248 Å². The lowest BCUT2D eigenvalue weighted by Crippen LogP contribution is -2.45. The zero-order valence-corrected chi connectivity index (χ0v) is 23.2. The number of carbonyl (C=O) groups excluding carboxylic acids is 3. The molecule has 2 aromatic carbocycles. The van der Waals surface area contributed by atoms with E-state index >= 15 is 0 Å². The summed E-state index contributed by atoms with van der Waals surface area (Å²) in [5, 5.41) is 2.87. The predicted octanol–water partition coefficient (Wildman–Crippen LogP) is 6.43. The van der Waals surface area contributed by atoms with E-state index in [1.165, 1.54) is 17.0 Å². The van der Waals surface area contributed by atoms with Crippen LogP contribution in [0, 0.1) is 0 Å². The molecule has 0 aliphatic carbocycles. The van der Waals surface area contributed by atoms with Crippen LogP contribution in [0.2, 0.25) is 10.0 Å². The summed E-state index contributed by atoms with van der Waals surface area (Å²) in [5.74, 6) is -1.31. The average molecular weight is 613 g/mol. The van der Waals surface area contributed by atoms with Crippen LogP contribution in [-0.4, -0.2) is 38.5 Å². The summed E-state index contributed by atoms with van der Waals surface area (Å²) in [4.78, 5) is 49.5. The third-order valence-electron chi connectivity index (χ3n) is 6.76. The largest absolute Gasteiger partial charge is 0.417 e. The van der Waals surface area contributed by atoms with Gasteiger partial charge >= 0.3 is 6.18 Å². The number of anilines is 1. The second-order valence-corrected chi connectivity index (χ2v) is 10.5. The Kier molecular flexibility index (Phi) is 8.29. The monoisotopic (exact) mass is 612 g/mol. The number of amides is 2. The van der Waals surface area contributed by atoms with Crippen LogP contribution in [-0.2, 0) is 30.4 Å². The van der Waals surface area contributed by atoms with E-state index in [9.17, 15) is 27.6 Å². The van der Waals surface area contributed by atoms with Gasteiger partial charge in [-0.1, -0.05) is 35.3 Å². The molecule has 4 aromatic rings. The molecule has 0 radical (unpaired) electrons. The van der Waals surface area contributed by atoms with Gasteiger partial charge in [0.2, 0.25) is 0 Å². The summed E-state index contributed by atoms with van der Waals surface area (Å²) in [5.41, 5.74) is 1.19. The van der Waals surface area contributed by atoms with Crippen molar-refractivity contribution < 1.29 is 27.6 Å². The minimum Gasteiger partial charge on any atom is -0.324 e. The summed E-state index contributed by atoms with van der Waals surface area (Å²) < 4.78 is 38.4. The molecule has 0 saturated carbocycles. The molecule has 3 heterocycles. The molecule has 2 amide bonds. The number of aromatic nitrogens is 2. The van der Waals surface area contributed by atoms with Crippen molar-refractivity contribution >= 4 is 46.6 Å². The fraction of sp³-hybridized carbons (Fsp3) is 0.167. The molecule has 1 aliphatic heterocycles. The van der Waals surface area contributed by atoms with Crippen molar-refractivity contribution in [2.45, 2.75) is 31.6 Å². The lowest BCUT2D eigenvalue weighted by atomic mass is 9.99. The summed E-state index contributed by atoms with van der Waals surface area (Å²) >= 11 is 12.6. The number of benzene rings is 2. The van der Waals surface area contributed by atoms with Crippen molar-refractivity contribution in [2.75, 3.05) is 5.32 Å². The summed E-state index contributed by atoms with van der Waals surface area (Å²) in [6.45, 7) is 0.00617. The molecule has 0 unspecified atom stereocenters. The molecule has 7 nitrogen and oxygen atoms in total. The van der Waals surface area contributed by atoms with Crippen molar-refractivity contribution in [1.29, 1.82) is 0 Å². The Morgan fingerprint density at radius 3 is 2.48 bits per heavy atom. The molecule has 1 N–H and O–H groups in total. The van der Waals surface area contributed by atoms with E-state index < -0.39 is 23.7 Å². The first-order valence-electron chi connectivity index (χ1n) is 12.6. The Morgan fingerprint density at radius 2 is 1.81 bits per heavy atom. The van der Waals surface area contributed by atoms with E-state index in [1.54, 1.807) is 48.7 Å². The first-order chi connectivity index (χ1) is 20.0. The zero-order chi connectivity index (χ0) is 30.0. The van der Waals surface area contributed by atoms with Crippen molar-refractivity contribution in [2.24, 2.45) is 0 Å². The lowest BCUT2D eigenvalue weighted by molar-refractivity contribution is -0.137. The number of pyridine rings is 2. The Morgan fingerprint density at radius 1 is 1.00 bits per heavy atom. The number of ketones is 1. The van der Waals surface area contributed by atoms with Crippen molar-refractivity contribution in [3.8, 4) is 0 Å². The minimum absolute atomic E-state index is 0.00617. The third-order valence-corrected chi connectivity index (χ3v) is 7.31. The van der Waals surface area contributed by atoms with Crippen molar-refractivity contribution in [3.05, 3.63) is 123 Å². The number of halogens is 5. The van der Waals surface area contributed by atoms with E-state index in [0.29, 0.717) is 33.6 Å². The highest BCUT2D eigenvalue weighted by Gasteiger charge is 2.36. The van der Waals surface area contributed by atoms with Gasteiger partial charge in [-0.2, -0.15) is 13.2 Å². The molecule has 0 spiro atoms. The maximum Gasteiger partial charge on any atom is 0.417 e. The van der Waals surface area contributed by atoms with Gasteiger partial charge in [-0.3, -0.25) is 19.4 Å². The Balaban J connectivity index is 1.40. The van der Waals surface area contributed by atoms with Gasteiger partial charge < -0.3 is 10.2 Å². The van der Waals surface area contributed by atoms with E-state index in [2.05, 4.69) is 15.3 Å². The van der Waals surface area contributed by atoms with E-state index in [-0.39, 0.29) is 47.5 Å². The Bertz CT molecular complexity index is 1670. The van der Waals surface area contributed by atoms with Gasteiger partial charge in [-0.05, 0) is 65.7 Å². The smallest absolute Gasteiger partial charge is 0.324 e. The highest BCUT2D eigenvalue weighted by atomic mass is 35.5. The topological polar surface area (TPSA) is 92.3 Å². The number of rotatable bonds is 6. The van der Waals surface area contributed by atoms with Crippen LogP contribution in [0.25, 0.3) is 0 Å². The number of hydrogen-bond donors (Lipinski definition) is 1. The first-order valence-corrected chi connectivity index (χ1v) is 13.4. The maximum absolute atomic E-state index is 13.8. The molecular formula is C30H21Cl2F3N4O3. The summed E-state index contributed by atoms with van der Waals surface area (Å²) in [7, 11) is 0. The van der Waals surface area contributed by atoms with Gasteiger partial charge in [-0.25, -0.2) is 4.98 Å². The van der Waals surface area contributed by atoms with Crippen molar-refractivity contribution in [1.82, 2.24) is 14.9 Å². The SMILES string of the molecule is O=C(Nc1ccc(C(F)(F)F)cn1)c1ccc(CN2C(=O)c3ccc(Cl)cc3CC(=O)[C@H]2Cc2ccccn2)cc1Cl. The first kappa shape index (κ1) is 29.2. The molecule has 1 aliphatic rings. The van der Waals surface area contributed by atoms with Crippen LogP contribution in [0.4, 0.5) is 19.0 Å². The van der Waals surface area contributed by atoms with Crippen LogP contribution >= 0.6 is 23.2 Å². The van der Waals surface area contributed by atoms with E-state index in [1.807, 2.05) is 0 Å². The molecule has 1 atom stereocenters. The summed E-state index contributed by atoms with van der Waals surface area (Å²) in [6, 6.07) is 15.7. The molecule has 2 aromatic heterocycles. The molecule has 12 heteroatoms. The number of nitrogens with one attached hydrogen (secondary N) is 1. The molecule has 0 fully saturated rings. The second kappa shape index (κ2) is 11.9. The quantitative estimate of drug-likeness (QED) is 0.271. The highest BCUT2D eigenvalue weighted by Crippen LogP contribution is 2.30. The van der Waals surface area contributed by atoms with Gasteiger partial charge in [0.05, 0.1) is 22.2 Å². The average Bonchev–Trinajstić information content (AvgIpc) is 3.03. The van der Waals surface area contributed by atoms with Crippen LogP contribution in [0.3, 0.4) is 0 Å². The molecule has 42 heavy (non-hydrogen) atoms. The second-order valence-electron chi connectivity index (χ2n) is 9.62. The van der Waals surface area contributed by atoms with Crippen LogP contribution in [0.5, 0.6) is 0 Å². The van der Waals surface area contributed by atoms with Gasteiger partial charge in [-0.15, -0.1) is 0 Å². The van der Waals surface area contributed by atoms with Gasteiger partial charge in [0.25, 0.3) is 11.8 Å². The Hall–Kier alpha value is -4.28. The molecule has 214 valence electrons. The fourth-order valence-electron chi connectivity index (χ4n) is 4.67. The molecule has 5 rings (SSSR count). The van der Waals surface area contributed by atoms with Gasteiger partial charge in [0, 0.05) is 48.1 Å². The third kappa shape index (κ3) is 6.45. The minimum atomic E-state index is -4.56. The standard InChI is InChI=1S/C30H21Cl2F3N4O3/c31-20-6-8-22-18(12-20)13-26(40)25(14-21-3-1-2-10-36-21)39(29(22)42)16-17-4-7-23(24(32)11-17)28(41)38-27-9-5-19(15-37-27)30(33,34)35/h1-12,15,25H,13-14,16H2,(H,37,38,41)/t25-/m1/s1. The van der Waals surface area contributed by atoms with Crippen LogP contribution in [0.15, 0.2) is 79.1 Å². The fourth-order valence-corrected chi connectivity index (χ4v) is 5.16. The number of fused-ring (bicyclic) bond motifs is 1. The van der Waals surface area contributed by atoms with Crippen LogP contribution < -0.4 is 5.32 Å². The number of Topliss-reactive ketones (excluding diaryl/α,β-unsaturated/α-hetero) is 1. The number of hydrogen-bond acceptors (Lipinski definition) is 5.